The molecule has 1 heterocycles. The second-order valence-corrected chi connectivity index (χ2v) is 7.26. The molecule has 0 spiro atoms. The molecule has 1 aromatic heterocycles. The van der Waals surface area contributed by atoms with E-state index in [4.69, 9.17) is 21.3 Å². The Bertz CT molecular complexity index is 1000. The Kier molecular flexibility index (Phi) is 7.63. The van der Waals surface area contributed by atoms with Crippen LogP contribution >= 0.6 is 11.6 Å². The van der Waals surface area contributed by atoms with E-state index in [1.807, 2.05) is 41.3 Å². The van der Waals surface area contributed by atoms with Crippen molar-refractivity contribution < 1.29 is 14.3 Å². The van der Waals surface area contributed by atoms with Gasteiger partial charge in [-0.25, -0.2) is 0 Å². The van der Waals surface area contributed by atoms with Gasteiger partial charge in [0.15, 0.2) is 0 Å². The summed E-state index contributed by atoms with van der Waals surface area (Å²) >= 11 is 6.02. The fourth-order valence-electron chi connectivity index (χ4n) is 3.06. The topological polar surface area (TPSA) is 89.5 Å². The van der Waals surface area contributed by atoms with Crippen LogP contribution < -0.4 is 5.32 Å². The SMILES string of the molecule is N#Cc1ccc(NC(=O)CCN(Cc2ccccc2)C[C@@H](O)c2ccco2)cc1Cl. The van der Waals surface area contributed by atoms with Gasteiger partial charge in [0.2, 0.25) is 5.91 Å². The van der Waals surface area contributed by atoms with Gasteiger partial charge in [0.1, 0.15) is 17.9 Å². The van der Waals surface area contributed by atoms with E-state index < -0.39 is 6.10 Å². The maximum absolute atomic E-state index is 12.4. The third-order valence-corrected chi connectivity index (χ3v) is 4.89. The molecular formula is C23H22ClN3O3. The van der Waals surface area contributed by atoms with Crippen LogP contribution in [-0.2, 0) is 11.3 Å². The fraction of sp³-hybridized carbons (Fsp3) is 0.217. The van der Waals surface area contributed by atoms with Gasteiger partial charge >= 0.3 is 0 Å². The van der Waals surface area contributed by atoms with Crippen LogP contribution in [0.3, 0.4) is 0 Å². The van der Waals surface area contributed by atoms with Crippen molar-refractivity contribution in [3.63, 3.8) is 0 Å². The van der Waals surface area contributed by atoms with Crippen molar-refractivity contribution in [2.24, 2.45) is 0 Å². The molecule has 0 radical (unpaired) electrons. The lowest BCUT2D eigenvalue weighted by Gasteiger charge is -2.24. The van der Waals surface area contributed by atoms with Crippen LogP contribution in [0.1, 0.15) is 29.4 Å². The quantitative estimate of drug-likeness (QED) is 0.533. The number of carbonyl (C=O) groups excluding carboxylic acids is 1. The third kappa shape index (κ3) is 6.19. The van der Waals surface area contributed by atoms with Gasteiger partial charge in [-0.15, -0.1) is 0 Å². The minimum Gasteiger partial charge on any atom is -0.467 e. The first-order valence-electron chi connectivity index (χ1n) is 9.52. The molecule has 154 valence electrons. The molecule has 0 unspecified atom stereocenters. The lowest BCUT2D eigenvalue weighted by molar-refractivity contribution is -0.116. The van der Waals surface area contributed by atoms with Crippen LogP contribution in [0.5, 0.6) is 0 Å². The molecule has 0 aliphatic heterocycles. The Morgan fingerprint density at radius 3 is 2.67 bits per heavy atom. The summed E-state index contributed by atoms with van der Waals surface area (Å²) in [5, 5.41) is 22.5. The van der Waals surface area contributed by atoms with Gasteiger partial charge in [-0.05, 0) is 35.9 Å². The molecule has 7 heteroatoms. The monoisotopic (exact) mass is 423 g/mol. The average Bonchev–Trinajstić information content (AvgIpc) is 3.28. The average molecular weight is 424 g/mol. The molecule has 6 nitrogen and oxygen atoms in total. The minimum absolute atomic E-state index is 0.179. The van der Waals surface area contributed by atoms with Crippen molar-refractivity contribution in [3.8, 4) is 6.07 Å². The van der Waals surface area contributed by atoms with E-state index in [2.05, 4.69) is 5.32 Å². The summed E-state index contributed by atoms with van der Waals surface area (Å²) in [6.45, 7) is 1.37. The highest BCUT2D eigenvalue weighted by molar-refractivity contribution is 6.32. The molecule has 0 saturated carbocycles. The van der Waals surface area contributed by atoms with E-state index in [1.165, 1.54) is 6.26 Å². The first kappa shape index (κ1) is 21.6. The van der Waals surface area contributed by atoms with Gasteiger partial charge in [-0.2, -0.15) is 5.26 Å². The number of nitrogens with one attached hydrogen (secondary N) is 1. The first-order chi connectivity index (χ1) is 14.5. The number of nitriles is 1. The fourth-order valence-corrected chi connectivity index (χ4v) is 3.28. The standard InChI is InChI=1S/C23H22ClN3O3/c24-20-13-19(9-8-18(20)14-25)26-23(29)10-11-27(15-17-5-2-1-3-6-17)16-21(28)22-7-4-12-30-22/h1-9,12-13,21,28H,10-11,15-16H2,(H,26,29)/t21-/m1/s1. The number of furan rings is 1. The number of hydrogen-bond acceptors (Lipinski definition) is 5. The minimum atomic E-state index is -0.788. The largest absolute Gasteiger partial charge is 0.467 e. The predicted molar refractivity (Wildman–Crippen MR) is 115 cm³/mol. The van der Waals surface area contributed by atoms with Gasteiger partial charge < -0.3 is 14.8 Å². The predicted octanol–water partition coefficient (Wildman–Crippen LogP) is 4.37. The van der Waals surface area contributed by atoms with Crippen LogP contribution in [0.15, 0.2) is 71.3 Å². The van der Waals surface area contributed by atoms with Crippen molar-refractivity contribution in [3.05, 3.63) is 88.8 Å². The summed E-state index contributed by atoms with van der Waals surface area (Å²) in [7, 11) is 0. The smallest absolute Gasteiger partial charge is 0.225 e. The van der Waals surface area contributed by atoms with Gasteiger partial charge in [0, 0.05) is 31.7 Å². The lowest BCUT2D eigenvalue weighted by atomic mass is 10.1. The highest BCUT2D eigenvalue weighted by atomic mass is 35.5. The number of halogens is 1. The van der Waals surface area contributed by atoms with Crippen molar-refractivity contribution in [1.82, 2.24) is 4.90 Å². The van der Waals surface area contributed by atoms with Crippen LogP contribution in [-0.4, -0.2) is 29.0 Å². The molecule has 3 rings (SSSR count). The Hall–Kier alpha value is -3.11. The number of aliphatic hydroxyl groups excluding tert-OH is 1. The highest BCUT2D eigenvalue weighted by Gasteiger charge is 2.17. The van der Waals surface area contributed by atoms with Crippen molar-refractivity contribution >= 4 is 23.2 Å². The van der Waals surface area contributed by atoms with E-state index in [1.54, 1.807) is 30.3 Å². The first-order valence-corrected chi connectivity index (χ1v) is 9.90. The lowest BCUT2D eigenvalue weighted by Crippen LogP contribution is -2.31. The summed E-state index contributed by atoms with van der Waals surface area (Å²) in [6, 6.07) is 20.1. The zero-order chi connectivity index (χ0) is 21.3. The number of carbonyl (C=O) groups is 1. The van der Waals surface area contributed by atoms with E-state index in [-0.39, 0.29) is 12.3 Å². The van der Waals surface area contributed by atoms with Crippen molar-refractivity contribution in [2.75, 3.05) is 18.4 Å². The van der Waals surface area contributed by atoms with Gasteiger partial charge in [0.25, 0.3) is 0 Å². The summed E-state index contributed by atoms with van der Waals surface area (Å²) < 4.78 is 5.29. The van der Waals surface area contributed by atoms with Crippen molar-refractivity contribution in [1.29, 1.82) is 5.26 Å². The highest BCUT2D eigenvalue weighted by Crippen LogP contribution is 2.21. The zero-order valence-electron chi connectivity index (χ0n) is 16.3. The summed E-state index contributed by atoms with van der Waals surface area (Å²) in [5.41, 5.74) is 1.98. The number of aliphatic hydroxyl groups is 1. The number of rotatable bonds is 9. The summed E-state index contributed by atoms with van der Waals surface area (Å²) in [5.74, 6) is 0.311. The molecular weight excluding hydrogens is 402 g/mol. The molecule has 3 aromatic rings. The summed E-state index contributed by atoms with van der Waals surface area (Å²) in [4.78, 5) is 14.4. The number of hydrogen-bond donors (Lipinski definition) is 2. The number of amides is 1. The molecule has 0 fully saturated rings. The van der Waals surface area contributed by atoms with Gasteiger partial charge in [0.05, 0.1) is 16.8 Å². The van der Waals surface area contributed by atoms with Crippen LogP contribution in [0, 0.1) is 11.3 Å². The molecule has 0 aliphatic carbocycles. The van der Waals surface area contributed by atoms with Gasteiger partial charge in [-0.1, -0.05) is 41.9 Å². The normalized spacial score (nSPS) is 11.8. The second-order valence-electron chi connectivity index (χ2n) is 6.86. The summed E-state index contributed by atoms with van der Waals surface area (Å²) in [6.07, 6.45) is 0.968. The molecule has 2 aromatic carbocycles. The number of anilines is 1. The second kappa shape index (κ2) is 10.6. The van der Waals surface area contributed by atoms with E-state index in [0.29, 0.717) is 41.7 Å². The molecule has 2 N–H and O–H groups in total. The molecule has 1 amide bonds. The van der Waals surface area contributed by atoms with E-state index in [9.17, 15) is 9.90 Å². The molecule has 30 heavy (non-hydrogen) atoms. The Labute approximate surface area is 180 Å². The van der Waals surface area contributed by atoms with Crippen LogP contribution in [0.25, 0.3) is 0 Å². The maximum atomic E-state index is 12.4. The third-order valence-electron chi connectivity index (χ3n) is 4.58. The van der Waals surface area contributed by atoms with Crippen LogP contribution in [0.2, 0.25) is 5.02 Å². The molecule has 0 bridgehead atoms. The number of benzene rings is 2. The van der Waals surface area contributed by atoms with Crippen molar-refractivity contribution in [2.45, 2.75) is 19.1 Å². The van der Waals surface area contributed by atoms with Crippen LogP contribution in [0.4, 0.5) is 5.69 Å². The Morgan fingerprint density at radius 1 is 1.20 bits per heavy atom. The van der Waals surface area contributed by atoms with E-state index >= 15 is 0 Å². The zero-order valence-corrected chi connectivity index (χ0v) is 17.0. The molecule has 0 aliphatic rings. The molecule has 0 saturated heterocycles. The molecule has 1 atom stereocenters. The van der Waals surface area contributed by atoms with E-state index in [0.717, 1.165) is 5.56 Å². The number of nitrogens with zero attached hydrogens (tertiary/aromatic N) is 2. The maximum Gasteiger partial charge on any atom is 0.225 e. The Morgan fingerprint density at radius 2 is 2.00 bits per heavy atom. The van der Waals surface area contributed by atoms with Gasteiger partial charge in [-0.3, -0.25) is 9.69 Å². The Balaban J connectivity index is 1.61.